The van der Waals surface area contributed by atoms with Gasteiger partial charge in [-0.2, -0.15) is 0 Å². The number of rotatable bonds is 7. The summed E-state index contributed by atoms with van der Waals surface area (Å²) >= 11 is 0. The van der Waals surface area contributed by atoms with Crippen LogP contribution in [0.25, 0.3) is 11.2 Å². The van der Waals surface area contributed by atoms with Crippen LogP contribution in [0.2, 0.25) is 0 Å². The minimum Gasteiger partial charge on any atom is -0.394 e. The fourth-order valence-electron chi connectivity index (χ4n) is 1.93. The first-order chi connectivity index (χ1) is 10.7. The lowest BCUT2D eigenvalue weighted by atomic mass is 10.4. The van der Waals surface area contributed by atoms with Gasteiger partial charge in [-0.15, -0.1) is 0 Å². The summed E-state index contributed by atoms with van der Waals surface area (Å²) in [6.45, 7) is -1.15. The van der Waals surface area contributed by atoms with Crippen LogP contribution in [0.4, 0.5) is 5.95 Å². The molecule has 1 atom stereocenters. The maximum atomic E-state index is 11.8. The fourth-order valence-corrected chi connectivity index (χ4v) is 2.29. The van der Waals surface area contributed by atoms with Crippen molar-refractivity contribution in [1.82, 2.24) is 14.5 Å². The highest BCUT2D eigenvalue weighted by atomic mass is 31.2. The molecule has 0 aromatic carbocycles. The molecule has 1 unspecified atom stereocenters. The molecule has 2 aromatic heterocycles. The van der Waals surface area contributed by atoms with Gasteiger partial charge in [0.2, 0.25) is 5.52 Å². The summed E-state index contributed by atoms with van der Waals surface area (Å²) in [6.07, 6.45) is 0.565. The fraction of sp³-hybridized carbons (Fsp3) is 0.500. The number of fused-ring (bicyclic) bond motifs is 1. The van der Waals surface area contributed by atoms with Crippen molar-refractivity contribution in [3.63, 3.8) is 0 Å². The maximum absolute atomic E-state index is 11.8. The molecule has 12 nitrogen and oxygen atoms in total. The maximum Gasteiger partial charge on any atom is 0.469 e. The van der Waals surface area contributed by atoms with Crippen LogP contribution >= 0.6 is 7.82 Å². The average Bonchev–Trinajstić information content (AvgIpc) is 2.74. The molecular formula is C10H17N5O7P+. The zero-order valence-electron chi connectivity index (χ0n) is 12.1. The van der Waals surface area contributed by atoms with Crippen LogP contribution < -0.4 is 15.9 Å². The molecule has 6 N–H and O–H groups in total. The Morgan fingerprint density at radius 3 is 2.87 bits per heavy atom. The Hall–Kier alpha value is -1.82. The Balaban J connectivity index is 2.15. The van der Waals surface area contributed by atoms with Gasteiger partial charge in [0, 0.05) is 0 Å². The number of aliphatic hydroxyl groups excluding tert-OH is 1. The van der Waals surface area contributed by atoms with Gasteiger partial charge in [-0.3, -0.25) is 18.9 Å². The Kier molecular flexibility index (Phi) is 5.14. The molecule has 0 aliphatic rings. The lowest BCUT2D eigenvalue weighted by Gasteiger charge is -2.14. The van der Waals surface area contributed by atoms with E-state index in [1.165, 1.54) is 15.5 Å². The van der Waals surface area contributed by atoms with E-state index in [0.717, 1.165) is 0 Å². The predicted molar refractivity (Wildman–Crippen MR) is 75.9 cm³/mol. The largest absolute Gasteiger partial charge is 0.469 e. The van der Waals surface area contributed by atoms with E-state index in [0.29, 0.717) is 0 Å². The van der Waals surface area contributed by atoms with E-state index < -0.39 is 32.7 Å². The third kappa shape index (κ3) is 4.34. The number of phosphoric ester groups is 1. The number of aliphatic hydroxyl groups is 1. The van der Waals surface area contributed by atoms with Crippen LogP contribution in [0.3, 0.4) is 0 Å². The van der Waals surface area contributed by atoms with E-state index in [9.17, 15) is 9.36 Å². The molecule has 0 spiro atoms. The van der Waals surface area contributed by atoms with E-state index in [2.05, 4.69) is 14.5 Å². The predicted octanol–water partition coefficient (Wildman–Crippen LogP) is -2.42. The highest BCUT2D eigenvalue weighted by molar-refractivity contribution is 7.46. The van der Waals surface area contributed by atoms with Gasteiger partial charge in [0.05, 0.1) is 20.3 Å². The number of aryl methyl sites for hydroxylation is 1. The van der Waals surface area contributed by atoms with Gasteiger partial charge in [0.25, 0.3) is 11.5 Å². The number of nitrogens with two attached hydrogens (primary N) is 1. The van der Waals surface area contributed by atoms with Crippen molar-refractivity contribution in [3.8, 4) is 0 Å². The summed E-state index contributed by atoms with van der Waals surface area (Å²) in [5.74, 6) is -0.0639. The Morgan fingerprint density at radius 1 is 1.57 bits per heavy atom. The van der Waals surface area contributed by atoms with E-state index >= 15 is 0 Å². The number of hydrogen-bond acceptors (Lipinski definition) is 7. The number of nitrogens with one attached hydrogen (secondary N) is 1. The van der Waals surface area contributed by atoms with Crippen molar-refractivity contribution in [1.29, 1.82) is 0 Å². The Bertz CT molecular complexity index is 797. The van der Waals surface area contributed by atoms with Crippen molar-refractivity contribution in [2.45, 2.75) is 12.8 Å². The molecule has 23 heavy (non-hydrogen) atoms. The molecule has 0 aliphatic heterocycles. The minimum atomic E-state index is -4.65. The van der Waals surface area contributed by atoms with Gasteiger partial charge in [0.1, 0.15) is 6.10 Å². The van der Waals surface area contributed by atoms with Crippen molar-refractivity contribution >= 4 is 24.9 Å². The number of nitrogen functional groups attached to an aromatic ring is 1. The van der Waals surface area contributed by atoms with Gasteiger partial charge >= 0.3 is 13.5 Å². The van der Waals surface area contributed by atoms with E-state index in [4.69, 9.17) is 25.4 Å². The first-order valence-corrected chi connectivity index (χ1v) is 7.91. The molecule has 0 radical (unpaired) electrons. The van der Waals surface area contributed by atoms with Crippen LogP contribution in [0.1, 0.15) is 0 Å². The van der Waals surface area contributed by atoms with Gasteiger partial charge < -0.3 is 25.4 Å². The summed E-state index contributed by atoms with van der Waals surface area (Å²) in [5, 5.41) is 9.14. The lowest BCUT2D eigenvalue weighted by Crippen LogP contribution is -2.38. The third-order valence-electron chi connectivity index (χ3n) is 2.91. The average molecular weight is 350 g/mol. The van der Waals surface area contributed by atoms with E-state index in [-0.39, 0.29) is 23.8 Å². The van der Waals surface area contributed by atoms with Crippen molar-refractivity contribution in [2.24, 2.45) is 7.05 Å². The number of imidazole rings is 1. The summed E-state index contributed by atoms with van der Waals surface area (Å²) in [4.78, 5) is 35.5. The second kappa shape index (κ2) is 6.74. The van der Waals surface area contributed by atoms with Crippen LogP contribution in [0.15, 0.2) is 11.1 Å². The number of H-pyrrole nitrogens is 1. The standard InChI is InChI=1S/C10H16N5O7P/c1-14-4-15(8-7(14)9(17)13-10(11)12-8)5-21-6(2-16)3-22-23(18,19)20/h4,6,16H,2-3,5H2,1H3,(H4-,11,12,13,17,18,19,20)/p+1. The number of hydrogen-bond donors (Lipinski definition) is 5. The van der Waals surface area contributed by atoms with E-state index in [1.807, 2.05) is 0 Å². The first-order valence-electron chi connectivity index (χ1n) is 6.38. The molecule has 0 fully saturated rings. The van der Waals surface area contributed by atoms with Crippen LogP contribution in [0, 0.1) is 0 Å². The van der Waals surface area contributed by atoms with Gasteiger partial charge in [-0.1, -0.05) is 4.98 Å². The molecule has 0 saturated carbocycles. The molecule has 2 aromatic rings. The van der Waals surface area contributed by atoms with Crippen LogP contribution in [0.5, 0.6) is 0 Å². The minimum absolute atomic E-state index is 0.0639. The highest BCUT2D eigenvalue weighted by Gasteiger charge is 2.22. The number of phosphoric acid groups is 1. The third-order valence-corrected chi connectivity index (χ3v) is 3.40. The second-order valence-electron chi connectivity index (χ2n) is 4.71. The van der Waals surface area contributed by atoms with Gasteiger partial charge in [-0.05, 0) is 0 Å². The number of ether oxygens (including phenoxy) is 1. The Morgan fingerprint density at radius 2 is 2.26 bits per heavy atom. The second-order valence-corrected chi connectivity index (χ2v) is 5.95. The number of aromatic nitrogens is 4. The van der Waals surface area contributed by atoms with Crippen molar-refractivity contribution in [2.75, 3.05) is 18.9 Å². The molecule has 0 bridgehead atoms. The molecule has 128 valence electrons. The summed E-state index contributed by atoms with van der Waals surface area (Å²) in [7, 11) is -3.02. The normalized spacial score (nSPS) is 13.6. The summed E-state index contributed by atoms with van der Waals surface area (Å²) in [5.41, 5.74) is 5.62. The van der Waals surface area contributed by atoms with Crippen molar-refractivity contribution in [3.05, 3.63) is 16.7 Å². The molecule has 13 heteroatoms. The number of anilines is 1. The molecule has 2 rings (SSSR count). The smallest absolute Gasteiger partial charge is 0.394 e. The van der Waals surface area contributed by atoms with Gasteiger partial charge in [-0.25, -0.2) is 9.13 Å². The quantitative estimate of drug-likeness (QED) is 0.268. The van der Waals surface area contributed by atoms with Gasteiger partial charge in [0.15, 0.2) is 13.1 Å². The van der Waals surface area contributed by atoms with Crippen molar-refractivity contribution < 1.29 is 33.3 Å². The van der Waals surface area contributed by atoms with E-state index in [1.54, 1.807) is 7.05 Å². The topological polar surface area (TPSA) is 177 Å². The molecule has 2 heterocycles. The van der Waals surface area contributed by atoms with Crippen LogP contribution in [-0.2, 0) is 27.6 Å². The molecular weight excluding hydrogens is 333 g/mol. The molecule has 0 aliphatic carbocycles. The number of aromatic amines is 1. The summed E-state index contributed by atoms with van der Waals surface area (Å²) < 4.78 is 23.2. The monoisotopic (exact) mass is 350 g/mol. The highest BCUT2D eigenvalue weighted by Crippen LogP contribution is 2.35. The Labute approximate surface area is 129 Å². The SMILES string of the molecule is Cn1c[n+](COC(CO)COP(=O)(O)O)c2nc(N)[nH]c(=O)c21. The van der Waals surface area contributed by atoms with Crippen LogP contribution in [-0.4, -0.2) is 48.7 Å². The number of nitrogens with zero attached hydrogens (tertiary/aromatic N) is 3. The molecule has 0 saturated heterocycles. The first kappa shape index (κ1) is 17.5. The lowest BCUT2D eigenvalue weighted by molar-refractivity contribution is -0.714. The zero-order valence-corrected chi connectivity index (χ0v) is 13.0. The zero-order chi connectivity index (χ0) is 17.2. The molecule has 0 amide bonds. The summed E-state index contributed by atoms with van der Waals surface area (Å²) in [6, 6.07) is 0.